The van der Waals surface area contributed by atoms with Crippen LogP contribution in [0.5, 0.6) is 0 Å². The first-order valence-electron chi connectivity index (χ1n) is 31.4. The fraction of sp³-hybridized carbons (Fsp3) is 0. The van der Waals surface area contributed by atoms with Crippen LogP contribution in [0.25, 0.3) is 190 Å². The molecule has 570 valence electrons. The van der Waals surface area contributed by atoms with Crippen molar-refractivity contribution in [2.75, 3.05) is 0 Å². The first kappa shape index (κ1) is 77.6. The van der Waals surface area contributed by atoms with Gasteiger partial charge in [0.2, 0.25) is 34.9 Å². The maximum Gasteiger partial charge on any atom is 2.00 e. The molecule has 0 radical (unpaired) electrons. The molecule has 10 heterocycles. The van der Waals surface area contributed by atoms with Crippen LogP contribution in [0.15, 0.2) is 48.5 Å². The van der Waals surface area contributed by atoms with Gasteiger partial charge >= 0.3 is 39.0 Å². The van der Waals surface area contributed by atoms with Crippen molar-refractivity contribution in [2.24, 2.45) is 0 Å². The average Bonchev–Trinajstić information content (AvgIpc) is 1.52. The normalized spacial score (nSPS) is 12.4. The number of fused-ring (bicyclic) bond motifs is 14. The van der Waals surface area contributed by atoms with E-state index in [1.165, 1.54) is 0 Å². The van der Waals surface area contributed by atoms with E-state index < -0.39 is 363 Å². The molecule has 16 aromatic rings. The summed E-state index contributed by atoms with van der Waals surface area (Å²) in [5, 5.41) is -4.99. The van der Waals surface area contributed by atoms with Crippen molar-refractivity contribution in [3.05, 3.63) is 246 Å². The van der Waals surface area contributed by atoms with Gasteiger partial charge in [0.15, 0.2) is 140 Å². The molecule has 18 rings (SSSR count). The van der Waals surface area contributed by atoms with E-state index in [0.717, 1.165) is 0 Å². The van der Waals surface area contributed by atoms with Crippen LogP contribution >= 0.6 is 0 Å². The van der Waals surface area contributed by atoms with Gasteiger partial charge in [-0.05, 0) is 91.4 Å². The Balaban J connectivity index is 0.00000505. The van der Waals surface area contributed by atoms with Gasteiger partial charge in [-0.3, -0.25) is 0 Å². The number of hydrogen-bond donors (Lipinski definition) is 0. The van der Waals surface area contributed by atoms with Gasteiger partial charge in [-0.1, -0.05) is 36.4 Å². The molecule has 40 heteroatoms. The van der Waals surface area contributed by atoms with Crippen molar-refractivity contribution in [3.63, 3.8) is 0 Å². The van der Waals surface area contributed by atoms with Crippen LogP contribution in [0.2, 0.25) is 0 Å². The zero-order chi connectivity index (χ0) is 81.1. The molecule has 0 unspecified atom stereocenters. The zero-order valence-electron chi connectivity index (χ0n) is 55.3. The summed E-state index contributed by atoms with van der Waals surface area (Å²) in [6, 6.07) is 4.20. The van der Waals surface area contributed by atoms with E-state index in [2.05, 4.69) is 39.9 Å². The number of halogens is 30. The maximum absolute atomic E-state index is 17.0. The Kier molecular flexibility index (Phi) is 17.8. The molecule has 0 N–H and O–H groups in total. The Bertz CT molecular complexity index is 6960. The number of hydrogen-bond acceptors (Lipinski definition) is 4. The molecular formula is C76H12F30N8Zn2. The van der Waals surface area contributed by atoms with Crippen molar-refractivity contribution in [2.45, 2.75) is 0 Å². The molecule has 116 heavy (non-hydrogen) atoms. The van der Waals surface area contributed by atoms with E-state index in [1.807, 2.05) is 0 Å². The number of benzene rings is 8. The minimum Gasteiger partial charge on any atom is -0.657 e. The fourth-order valence-electron chi connectivity index (χ4n) is 14.3. The third-order valence-electron chi connectivity index (χ3n) is 19.2. The molecule has 2 aliphatic heterocycles. The van der Waals surface area contributed by atoms with Crippen molar-refractivity contribution >= 4 is 123 Å². The van der Waals surface area contributed by atoms with Gasteiger partial charge in [-0.25, -0.2) is 152 Å². The minimum atomic E-state index is -2.88. The molecule has 16 bridgehead atoms. The van der Waals surface area contributed by atoms with Crippen LogP contribution in [-0.2, 0) is 39.0 Å². The Labute approximate surface area is 642 Å². The number of nitrogens with zero attached hydrogens (tertiary/aromatic N) is 8. The Hall–Kier alpha value is -12.3. The molecule has 0 spiro atoms. The van der Waals surface area contributed by atoms with Crippen molar-refractivity contribution in [3.8, 4) is 66.8 Å². The summed E-state index contributed by atoms with van der Waals surface area (Å²) < 4.78 is 484. The van der Waals surface area contributed by atoms with Crippen LogP contribution in [0.3, 0.4) is 0 Å². The zero-order valence-corrected chi connectivity index (χ0v) is 61.2. The van der Waals surface area contributed by atoms with Gasteiger partial charge in [0, 0.05) is 10.8 Å². The molecule has 0 saturated carbocycles. The monoisotopic (exact) mass is 1730 g/mol. The average molecular weight is 1740 g/mol. The van der Waals surface area contributed by atoms with E-state index in [4.69, 9.17) is 0 Å². The summed E-state index contributed by atoms with van der Waals surface area (Å²) in [6.07, 6.45) is 1.93. The molecule has 0 amide bonds. The molecule has 2 aliphatic rings. The van der Waals surface area contributed by atoms with E-state index in [9.17, 15) is 8.78 Å². The molecule has 0 fully saturated rings. The van der Waals surface area contributed by atoms with Gasteiger partial charge in [0.1, 0.15) is 0 Å². The summed E-state index contributed by atoms with van der Waals surface area (Å²) >= 11 is 0. The summed E-state index contributed by atoms with van der Waals surface area (Å²) in [7, 11) is 0. The summed E-state index contributed by atoms with van der Waals surface area (Å²) in [6.45, 7) is 0. The second kappa shape index (κ2) is 26.6. The third kappa shape index (κ3) is 10.3. The van der Waals surface area contributed by atoms with Gasteiger partial charge in [0.25, 0.3) is 0 Å². The first-order valence-corrected chi connectivity index (χ1v) is 31.4. The first-order chi connectivity index (χ1) is 54.1. The second-order valence-electron chi connectivity index (χ2n) is 25.1. The standard InChI is InChI=1S/C76H12F30N8.2Zn/c77-43-35(44(78)56(90)67(101)55(43)89)29-17-1-5-21(107-17)31(37-47(81)59(93)69(103)60(94)48(37)82)25-9-13-14-10-27-33(39-51(85)63(97)71(105)64(98)52(39)86)23-7-3-19(109-23)30(36-45(79)57(91)68(102)58(92)46(36)80)20-4-8-24(110-20)34(40-53(87)65(99)72(106)66(100)54(40)88)28-12-16-15-11-26(112-75(15)41(73(13)111-25)42(74(14)113-27)76(16)114-28)32(22-6-2-18(29)108-22)38-49(83)61(95)70(104)62(96)50(38)84;;/h1-12H;;/q-4;2*+2. The van der Waals surface area contributed by atoms with E-state index in [0.29, 0.717) is 72.8 Å². The fourth-order valence-corrected chi connectivity index (χ4v) is 14.3. The van der Waals surface area contributed by atoms with Gasteiger partial charge in [-0.2, -0.15) is 0 Å². The Morgan fingerprint density at radius 2 is 0.371 bits per heavy atom. The molecular weight excluding hydrogens is 1730 g/mol. The smallest absolute Gasteiger partial charge is 0.657 e. The molecule has 0 aliphatic carbocycles. The van der Waals surface area contributed by atoms with Crippen LogP contribution in [0, 0.1) is 175 Å². The summed E-state index contributed by atoms with van der Waals surface area (Å²) in [5.74, 6) is -84.2. The minimum absolute atomic E-state index is 0. The number of aromatic nitrogens is 8. The SMILES string of the molecule is Fc1c(F)c(F)c(-c2c3nc(c(-c4c(F)c(F)c(F)c(F)c4F)c4cc5c6cc7nc6c6c8[n-]c(cc8c8cc(nc8c6c5[n-]4)c(-c4c(F)c(F)c(F)c(F)c4F)c4ccc2[n-]4)c(-c2c(F)c(F)c(F)c(F)c2F)c2nc(c(-c4c(F)c(F)c(F)c(F)c4F)c4ccc([n-]4)c7-c4c(F)c(F)c(F)c(F)c4F)C=C2)C=C3)c(F)c1F.[Zn+2].[Zn+2]. The molecule has 8 aromatic heterocycles. The van der Waals surface area contributed by atoms with E-state index in [-0.39, 0.29) is 39.0 Å². The van der Waals surface area contributed by atoms with E-state index in [1.54, 1.807) is 0 Å². The predicted molar refractivity (Wildman–Crippen MR) is 344 cm³/mol. The predicted octanol–water partition coefficient (Wildman–Crippen LogP) is 22.3. The summed E-state index contributed by atoms with van der Waals surface area (Å²) in [5.41, 5.74) is -40.3. The maximum atomic E-state index is 17.0. The third-order valence-corrected chi connectivity index (χ3v) is 19.2. The second-order valence-corrected chi connectivity index (χ2v) is 25.1. The van der Waals surface area contributed by atoms with Gasteiger partial charge in [-0.15, -0.1) is 44.1 Å². The topological polar surface area (TPSA) is 108 Å². The van der Waals surface area contributed by atoms with Crippen LogP contribution in [-0.4, -0.2) is 19.9 Å². The van der Waals surface area contributed by atoms with Crippen molar-refractivity contribution in [1.82, 2.24) is 39.9 Å². The summed E-state index contributed by atoms with van der Waals surface area (Å²) in [4.78, 5) is 34.3. The van der Waals surface area contributed by atoms with E-state index >= 15 is 123 Å². The number of rotatable bonds is 6. The van der Waals surface area contributed by atoms with Crippen LogP contribution in [0.1, 0.15) is 22.8 Å². The van der Waals surface area contributed by atoms with Crippen LogP contribution < -0.4 is 19.9 Å². The van der Waals surface area contributed by atoms with Crippen molar-refractivity contribution in [1.29, 1.82) is 0 Å². The largest absolute Gasteiger partial charge is 2.00 e. The van der Waals surface area contributed by atoms with Gasteiger partial charge < -0.3 is 19.9 Å². The Morgan fingerprint density at radius 3 is 0.595 bits per heavy atom. The molecule has 0 saturated heterocycles. The Morgan fingerprint density at radius 1 is 0.181 bits per heavy atom. The van der Waals surface area contributed by atoms with Crippen molar-refractivity contribution < 1.29 is 171 Å². The molecule has 8 nitrogen and oxygen atoms in total. The van der Waals surface area contributed by atoms with Crippen LogP contribution in [0.4, 0.5) is 132 Å². The van der Waals surface area contributed by atoms with Gasteiger partial charge in [0.05, 0.1) is 78.2 Å². The molecule has 8 aromatic carbocycles. The molecule has 0 atom stereocenters. The quantitative estimate of drug-likeness (QED) is 0.0701.